The molecule has 0 amide bonds. The van der Waals surface area contributed by atoms with E-state index in [2.05, 4.69) is 38.6 Å². The molecule has 1 unspecified atom stereocenters. The van der Waals surface area contributed by atoms with E-state index in [0.29, 0.717) is 18.6 Å². The molecule has 196 valence electrons. The van der Waals surface area contributed by atoms with Crippen molar-refractivity contribution in [2.45, 2.75) is 102 Å². The van der Waals surface area contributed by atoms with Gasteiger partial charge in [-0.15, -0.1) is 0 Å². The van der Waals surface area contributed by atoms with Gasteiger partial charge in [-0.05, 0) is 75.5 Å². The molecular formula is C30H44N4O2. The Morgan fingerprint density at radius 1 is 0.889 bits per heavy atom. The topological polar surface area (TPSA) is 61.6 Å². The molecule has 6 rings (SSSR count). The van der Waals surface area contributed by atoms with Crippen LogP contribution in [0.1, 0.15) is 88.9 Å². The van der Waals surface area contributed by atoms with Gasteiger partial charge < -0.3 is 14.6 Å². The summed E-state index contributed by atoms with van der Waals surface area (Å²) in [7, 11) is 0. The van der Waals surface area contributed by atoms with Gasteiger partial charge >= 0.3 is 5.97 Å². The minimum Gasteiger partial charge on any atom is -0.481 e. The van der Waals surface area contributed by atoms with Crippen molar-refractivity contribution in [3.8, 4) is 0 Å². The quantitative estimate of drug-likeness (QED) is 0.552. The normalized spacial score (nSPS) is 30.6. The molecule has 36 heavy (non-hydrogen) atoms. The molecule has 0 radical (unpaired) electrons. The molecule has 1 N–H and O–H groups in total. The highest BCUT2D eigenvalue weighted by Crippen LogP contribution is 2.41. The number of benzene rings is 1. The monoisotopic (exact) mass is 492 g/mol. The highest BCUT2D eigenvalue weighted by Gasteiger charge is 2.36. The van der Waals surface area contributed by atoms with E-state index in [1.807, 2.05) is 0 Å². The minimum absolute atomic E-state index is 0.230. The Morgan fingerprint density at radius 2 is 1.64 bits per heavy atom. The van der Waals surface area contributed by atoms with Crippen molar-refractivity contribution < 1.29 is 9.90 Å². The zero-order valence-electron chi connectivity index (χ0n) is 21.9. The molecule has 1 aromatic carbocycles. The third-order valence-corrected chi connectivity index (χ3v) is 9.93. The number of fused-ring (bicyclic) bond motifs is 3. The lowest BCUT2D eigenvalue weighted by Gasteiger charge is -2.43. The highest BCUT2D eigenvalue weighted by atomic mass is 16.4. The van der Waals surface area contributed by atoms with Gasteiger partial charge in [-0.25, -0.2) is 4.98 Å². The Balaban J connectivity index is 1.16. The summed E-state index contributed by atoms with van der Waals surface area (Å²) in [5, 5.41) is 9.19. The number of carboxylic acid groups (broad SMARTS) is 1. The molecule has 4 aliphatic rings. The van der Waals surface area contributed by atoms with Crippen LogP contribution in [0.3, 0.4) is 0 Å². The van der Waals surface area contributed by atoms with Crippen LogP contribution in [0.2, 0.25) is 0 Å². The van der Waals surface area contributed by atoms with Gasteiger partial charge in [0.25, 0.3) is 0 Å². The molecular weight excluding hydrogens is 448 g/mol. The van der Waals surface area contributed by atoms with Gasteiger partial charge in [0.1, 0.15) is 5.82 Å². The summed E-state index contributed by atoms with van der Waals surface area (Å²) in [4.78, 5) is 21.6. The summed E-state index contributed by atoms with van der Waals surface area (Å²) < 4.78 is 2.58. The van der Waals surface area contributed by atoms with Gasteiger partial charge in [0.2, 0.25) is 0 Å². The highest BCUT2D eigenvalue weighted by molar-refractivity contribution is 5.76. The lowest BCUT2D eigenvalue weighted by molar-refractivity contribution is -0.137. The predicted molar refractivity (Wildman–Crippen MR) is 143 cm³/mol. The number of para-hydroxylation sites is 2. The smallest absolute Gasteiger partial charge is 0.304 e. The second-order valence-corrected chi connectivity index (χ2v) is 12.2. The van der Waals surface area contributed by atoms with Crippen molar-refractivity contribution in [3.63, 3.8) is 0 Å². The fraction of sp³-hybridized carbons (Fsp3) is 0.733. The number of nitrogens with zero attached hydrogens (tertiary/aromatic N) is 4. The van der Waals surface area contributed by atoms with Crippen LogP contribution in [0.5, 0.6) is 0 Å². The van der Waals surface area contributed by atoms with E-state index in [-0.39, 0.29) is 6.42 Å². The first-order valence-corrected chi connectivity index (χ1v) is 14.8. The summed E-state index contributed by atoms with van der Waals surface area (Å²) in [5.74, 6) is 2.48. The molecule has 6 heteroatoms. The van der Waals surface area contributed by atoms with E-state index in [4.69, 9.17) is 4.98 Å². The van der Waals surface area contributed by atoms with Gasteiger partial charge in [-0.1, -0.05) is 37.8 Å². The van der Waals surface area contributed by atoms with E-state index >= 15 is 0 Å². The van der Waals surface area contributed by atoms with Gasteiger partial charge in [0.05, 0.1) is 17.5 Å². The van der Waals surface area contributed by atoms with Crippen LogP contribution < -0.4 is 0 Å². The van der Waals surface area contributed by atoms with Crippen LogP contribution >= 0.6 is 0 Å². The van der Waals surface area contributed by atoms with Crippen molar-refractivity contribution in [2.24, 2.45) is 11.8 Å². The molecule has 2 saturated carbocycles. The van der Waals surface area contributed by atoms with E-state index in [9.17, 15) is 9.90 Å². The SMILES string of the molecule is O=C(O)CCN1CCC[C@H]1Cc1nc2ccccc2n1C1CCN(C2C[C@H]3CCCC[C@@H](C2)C3)CC1. The van der Waals surface area contributed by atoms with Crippen molar-refractivity contribution in [1.82, 2.24) is 19.4 Å². The first kappa shape index (κ1) is 24.4. The van der Waals surface area contributed by atoms with E-state index in [1.165, 1.54) is 82.2 Å². The molecule has 2 aliphatic heterocycles. The maximum Gasteiger partial charge on any atom is 0.304 e. The first-order valence-electron chi connectivity index (χ1n) is 14.8. The van der Waals surface area contributed by atoms with Crippen LogP contribution in [0.15, 0.2) is 24.3 Å². The summed E-state index contributed by atoms with van der Waals surface area (Å²) in [5.41, 5.74) is 2.39. The van der Waals surface area contributed by atoms with Gasteiger partial charge in [0.15, 0.2) is 0 Å². The van der Waals surface area contributed by atoms with Crippen LogP contribution in [0.25, 0.3) is 11.0 Å². The maximum absolute atomic E-state index is 11.2. The second-order valence-electron chi connectivity index (χ2n) is 12.2. The lowest BCUT2D eigenvalue weighted by atomic mass is 9.77. The van der Waals surface area contributed by atoms with E-state index in [0.717, 1.165) is 49.2 Å². The molecule has 4 atom stereocenters. The minimum atomic E-state index is -0.697. The number of carbonyl (C=O) groups is 1. The Hall–Kier alpha value is -1.92. The summed E-state index contributed by atoms with van der Waals surface area (Å²) in [6.45, 7) is 4.10. The van der Waals surface area contributed by atoms with Gasteiger partial charge in [-0.3, -0.25) is 9.69 Å². The number of aromatic nitrogens is 2. The van der Waals surface area contributed by atoms with Crippen molar-refractivity contribution >= 4 is 17.0 Å². The fourth-order valence-corrected chi connectivity index (χ4v) is 8.19. The molecule has 4 fully saturated rings. The summed E-state index contributed by atoms with van der Waals surface area (Å²) >= 11 is 0. The molecule has 0 spiro atoms. The Bertz CT molecular complexity index is 1030. The predicted octanol–water partition coefficient (Wildman–Crippen LogP) is 5.51. The number of imidazole rings is 1. The Kier molecular flexibility index (Phi) is 7.34. The lowest BCUT2D eigenvalue weighted by Crippen LogP contribution is -2.45. The third-order valence-electron chi connectivity index (χ3n) is 9.93. The molecule has 1 aromatic heterocycles. The number of likely N-dealkylation sites (tertiary alicyclic amines) is 2. The van der Waals surface area contributed by atoms with E-state index in [1.54, 1.807) is 0 Å². The van der Waals surface area contributed by atoms with Crippen LogP contribution in [-0.2, 0) is 11.2 Å². The molecule has 2 aliphatic carbocycles. The molecule has 3 heterocycles. The number of carboxylic acids is 1. The maximum atomic E-state index is 11.2. The number of hydrogen-bond acceptors (Lipinski definition) is 4. The fourth-order valence-electron chi connectivity index (χ4n) is 8.19. The first-order chi connectivity index (χ1) is 17.6. The Labute approximate surface area is 216 Å². The van der Waals surface area contributed by atoms with Crippen molar-refractivity contribution in [2.75, 3.05) is 26.2 Å². The number of rotatable bonds is 7. The average molecular weight is 493 g/mol. The van der Waals surface area contributed by atoms with Crippen molar-refractivity contribution in [3.05, 3.63) is 30.1 Å². The molecule has 2 saturated heterocycles. The van der Waals surface area contributed by atoms with Gasteiger partial charge in [-0.2, -0.15) is 0 Å². The zero-order valence-corrected chi connectivity index (χ0v) is 21.9. The summed E-state index contributed by atoms with van der Waals surface area (Å²) in [6, 6.07) is 10.4. The Morgan fingerprint density at radius 3 is 2.39 bits per heavy atom. The van der Waals surface area contributed by atoms with Crippen LogP contribution in [-0.4, -0.2) is 68.7 Å². The number of piperidine rings is 1. The second kappa shape index (κ2) is 10.8. The number of hydrogen-bond donors (Lipinski definition) is 1. The molecule has 2 bridgehead atoms. The van der Waals surface area contributed by atoms with E-state index < -0.39 is 5.97 Å². The average Bonchev–Trinajstić information content (AvgIpc) is 3.44. The standard InChI is InChI=1S/C30H44N4O2/c35-30(36)13-17-32-14-5-8-25(32)21-29-31-27-9-3-4-10-28(27)34(29)24-11-15-33(16-12-24)26-19-22-6-1-2-7-23(18-22)20-26/h3-4,9-10,22-26H,1-2,5-8,11-21H2,(H,35,36)/t22-,23+,25-,26?/m0/s1. The zero-order chi connectivity index (χ0) is 24.5. The van der Waals surface area contributed by atoms with Crippen molar-refractivity contribution in [1.29, 1.82) is 0 Å². The molecule has 2 aromatic rings. The van der Waals surface area contributed by atoms with Gasteiger partial charge in [0, 0.05) is 44.2 Å². The van der Waals surface area contributed by atoms with Crippen LogP contribution in [0, 0.1) is 11.8 Å². The van der Waals surface area contributed by atoms with Crippen LogP contribution in [0.4, 0.5) is 0 Å². The largest absolute Gasteiger partial charge is 0.481 e. The summed E-state index contributed by atoms with van der Waals surface area (Å²) in [6.07, 6.45) is 16.1. The number of aliphatic carboxylic acids is 1. The third kappa shape index (κ3) is 5.22. The molecule has 6 nitrogen and oxygen atoms in total.